The lowest BCUT2D eigenvalue weighted by atomic mass is 10.2. The molecule has 0 aliphatic heterocycles. The molecule has 2 aromatic rings. The lowest BCUT2D eigenvalue weighted by molar-refractivity contribution is -0.368. The van der Waals surface area contributed by atoms with E-state index >= 15 is 0 Å². The van der Waals surface area contributed by atoms with Gasteiger partial charge in [0.2, 0.25) is 0 Å². The molecular weight excluding hydrogens is 496 g/mol. The third kappa shape index (κ3) is 9.96. The van der Waals surface area contributed by atoms with Crippen LogP contribution in [0.2, 0.25) is 39.3 Å². The van der Waals surface area contributed by atoms with E-state index in [0.29, 0.717) is 24.3 Å². The van der Waals surface area contributed by atoms with Crippen LogP contribution < -0.4 is 10.4 Å². The Morgan fingerprint density at radius 1 is 0.639 bits per heavy atom. The van der Waals surface area contributed by atoms with Crippen LogP contribution in [0.3, 0.4) is 0 Å². The molecular formula is C26H36O8Si2. The fourth-order valence-electron chi connectivity index (χ4n) is 2.91. The number of carbonyl (C=O) groups excluding carboxylic acids is 2. The zero-order valence-corrected chi connectivity index (χ0v) is 23.9. The molecule has 0 N–H and O–H groups in total. The average Bonchev–Trinajstić information content (AvgIpc) is 2.83. The Labute approximate surface area is 215 Å². The molecule has 0 spiro atoms. The van der Waals surface area contributed by atoms with Crippen LogP contribution in [0.15, 0.2) is 48.5 Å². The van der Waals surface area contributed by atoms with Crippen LogP contribution in [-0.2, 0) is 29.0 Å². The van der Waals surface area contributed by atoms with Crippen LogP contribution in [-0.4, -0.2) is 54.5 Å². The van der Waals surface area contributed by atoms with Crippen molar-refractivity contribution in [2.24, 2.45) is 0 Å². The molecule has 0 aliphatic rings. The van der Waals surface area contributed by atoms with Gasteiger partial charge in [-0.25, -0.2) is 9.59 Å². The van der Waals surface area contributed by atoms with Gasteiger partial charge in [-0.3, -0.25) is 9.78 Å². The molecule has 8 nitrogen and oxygen atoms in total. The molecule has 0 fully saturated rings. The monoisotopic (exact) mass is 532 g/mol. The van der Waals surface area contributed by atoms with Crippen molar-refractivity contribution in [2.75, 3.05) is 26.4 Å². The van der Waals surface area contributed by atoms with Gasteiger partial charge >= 0.3 is 18.2 Å². The minimum absolute atomic E-state index is 0.198. The van der Waals surface area contributed by atoms with Gasteiger partial charge in [-0.15, -0.1) is 9.78 Å². The highest BCUT2D eigenvalue weighted by molar-refractivity contribution is 6.89. The Kier molecular flexibility index (Phi) is 11.5. The van der Waals surface area contributed by atoms with Crippen molar-refractivity contribution in [3.8, 4) is 0 Å². The molecule has 0 heterocycles. The highest BCUT2D eigenvalue weighted by Gasteiger charge is 2.23. The predicted octanol–water partition coefficient (Wildman–Crippen LogP) is 4.01. The lowest BCUT2D eigenvalue weighted by Crippen LogP contribution is -2.37. The molecule has 0 saturated heterocycles. The van der Waals surface area contributed by atoms with E-state index in [-0.39, 0.29) is 19.5 Å². The first-order chi connectivity index (χ1) is 16.9. The maximum absolute atomic E-state index is 12.4. The van der Waals surface area contributed by atoms with E-state index in [1.807, 2.05) is 24.3 Å². The normalized spacial score (nSPS) is 12.0. The van der Waals surface area contributed by atoms with E-state index < -0.39 is 28.1 Å². The molecule has 36 heavy (non-hydrogen) atoms. The topological polar surface area (TPSA) is 89.5 Å². The molecule has 0 aromatic heterocycles. The molecule has 0 unspecified atom stereocenters. The van der Waals surface area contributed by atoms with Gasteiger partial charge in [-0.05, 0) is 31.2 Å². The first kappa shape index (κ1) is 29.9. The fourth-order valence-corrected chi connectivity index (χ4v) is 5.25. The third-order valence-electron chi connectivity index (χ3n) is 5.13. The van der Waals surface area contributed by atoms with E-state index in [1.165, 1.54) is 10.4 Å². The fraction of sp³-hybridized carbons (Fsp3) is 0.385. The second-order valence-corrected chi connectivity index (χ2v) is 20.3. The summed E-state index contributed by atoms with van der Waals surface area (Å²) in [5.74, 6) is -1.46. The summed E-state index contributed by atoms with van der Waals surface area (Å²) in [6.07, 6.45) is -0.358. The Bertz CT molecular complexity index is 890. The SMILES string of the molecule is [CH2]COCCOC[C](OOC(=O)c1ccc([Si](C)(C)C)cc1)OOC(=O)c1ccc([Si](C)(C)C)cc1. The van der Waals surface area contributed by atoms with Crippen molar-refractivity contribution in [3.63, 3.8) is 0 Å². The number of rotatable bonds is 14. The summed E-state index contributed by atoms with van der Waals surface area (Å²) >= 11 is 0. The smallest absolute Gasteiger partial charge is 0.373 e. The van der Waals surface area contributed by atoms with Crippen LogP contribution in [0, 0.1) is 13.2 Å². The zero-order chi connectivity index (χ0) is 26.8. The van der Waals surface area contributed by atoms with Gasteiger partial charge in [-0.2, -0.15) is 0 Å². The summed E-state index contributed by atoms with van der Waals surface area (Å²) < 4.78 is 10.5. The highest BCUT2D eigenvalue weighted by atomic mass is 28.3. The molecule has 2 radical (unpaired) electrons. The van der Waals surface area contributed by atoms with Gasteiger partial charge < -0.3 is 9.47 Å². The molecule has 0 saturated carbocycles. The maximum atomic E-state index is 12.4. The van der Waals surface area contributed by atoms with Crippen LogP contribution in [0.25, 0.3) is 0 Å². The van der Waals surface area contributed by atoms with Gasteiger partial charge in [0.15, 0.2) is 0 Å². The van der Waals surface area contributed by atoms with Crippen molar-refractivity contribution in [1.82, 2.24) is 0 Å². The second kappa shape index (κ2) is 13.8. The van der Waals surface area contributed by atoms with Crippen molar-refractivity contribution in [2.45, 2.75) is 39.3 Å². The van der Waals surface area contributed by atoms with Crippen LogP contribution in [0.4, 0.5) is 0 Å². The van der Waals surface area contributed by atoms with Gasteiger partial charge in [0.1, 0.15) is 6.61 Å². The molecule has 0 aliphatic carbocycles. The van der Waals surface area contributed by atoms with Crippen molar-refractivity contribution < 1.29 is 38.6 Å². The Morgan fingerprint density at radius 3 is 1.39 bits per heavy atom. The number of benzene rings is 2. The Hall–Kier alpha value is -2.35. The maximum Gasteiger partial charge on any atom is 0.373 e. The predicted molar refractivity (Wildman–Crippen MR) is 142 cm³/mol. The molecule has 10 heteroatoms. The molecule has 2 rings (SSSR count). The van der Waals surface area contributed by atoms with Crippen LogP contribution in [0.1, 0.15) is 20.7 Å². The molecule has 0 amide bonds. The molecule has 2 aromatic carbocycles. The number of hydrogen-bond acceptors (Lipinski definition) is 8. The number of ether oxygens (including phenoxy) is 2. The van der Waals surface area contributed by atoms with E-state index in [9.17, 15) is 9.59 Å². The standard InChI is InChI=1S/C26H36O8Si2/c1-8-29-17-18-30-19-24(31-33-25(27)20-9-13-22(14-10-20)35(2,3)4)32-34-26(28)21-11-15-23(16-12-21)36(5,6)7/h9-16H,1,8,17-19H2,2-7H3. The first-order valence-corrected chi connectivity index (χ1v) is 18.7. The quantitative estimate of drug-likeness (QED) is 0.156. The largest absolute Gasteiger partial charge is 0.379 e. The highest BCUT2D eigenvalue weighted by Crippen LogP contribution is 2.13. The van der Waals surface area contributed by atoms with E-state index in [2.05, 4.69) is 46.2 Å². The van der Waals surface area contributed by atoms with Crippen molar-refractivity contribution in [3.05, 3.63) is 72.9 Å². The van der Waals surface area contributed by atoms with Crippen LogP contribution in [0.5, 0.6) is 0 Å². The number of hydrogen-bond donors (Lipinski definition) is 0. The van der Waals surface area contributed by atoms with E-state index in [4.69, 9.17) is 29.0 Å². The van der Waals surface area contributed by atoms with Crippen molar-refractivity contribution >= 4 is 38.5 Å². The molecule has 196 valence electrons. The summed E-state index contributed by atoms with van der Waals surface area (Å²) in [4.78, 5) is 44.6. The Morgan fingerprint density at radius 2 is 1.03 bits per heavy atom. The Balaban J connectivity index is 1.96. The second-order valence-electron chi connectivity index (χ2n) is 10.1. The van der Waals surface area contributed by atoms with Crippen molar-refractivity contribution in [1.29, 1.82) is 0 Å². The van der Waals surface area contributed by atoms with Gasteiger partial charge in [0, 0.05) is 6.61 Å². The van der Waals surface area contributed by atoms with Crippen LogP contribution >= 0.6 is 0 Å². The van der Waals surface area contributed by atoms with Gasteiger partial charge in [0.05, 0.1) is 40.5 Å². The summed E-state index contributed by atoms with van der Waals surface area (Å²) in [7, 11) is -3.00. The average molecular weight is 533 g/mol. The molecule has 0 atom stereocenters. The summed E-state index contributed by atoms with van der Waals surface area (Å²) in [6.45, 7) is 17.4. The van der Waals surface area contributed by atoms with Gasteiger partial charge in [-0.1, -0.05) is 73.9 Å². The minimum atomic E-state index is -1.50. The van der Waals surface area contributed by atoms with E-state index in [1.54, 1.807) is 24.3 Å². The number of carbonyl (C=O) groups is 2. The summed E-state index contributed by atoms with van der Waals surface area (Å²) in [5, 5.41) is 2.41. The summed E-state index contributed by atoms with van der Waals surface area (Å²) in [6, 6.07) is 14.3. The van der Waals surface area contributed by atoms with E-state index in [0.717, 1.165) is 0 Å². The molecule has 0 bridgehead atoms. The zero-order valence-electron chi connectivity index (χ0n) is 21.9. The van der Waals surface area contributed by atoms with Gasteiger partial charge in [0.25, 0.3) is 0 Å². The minimum Gasteiger partial charge on any atom is -0.379 e. The third-order valence-corrected chi connectivity index (χ3v) is 9.26. The first-order valence-electron chi connectivity index (χ1n) is 11.7. The summed E-state index contributed by atoms with van der Waals surface area (Å²) in [5.41, 5.74) is 0.612. The lowest BCUT2D eigenvalue weighted by Gasteiger charge is -2.17.